The Morgan fingerprint density at radius 1 is 1.03 bits per heavy atom. The van der Waals surface area contributed by atoms with Gasteiger partial charge >= 0.3 is 0 Å². The second-order valence-corrected chi connectivity index (χ2v) is 7.80. The number of hydrogen-bond acceptors (Lipinski definition) is 3. The second-order valence-electron chi connectivity index (χ2n) is 6.93. The molecule has 0 atom stereocenters. The number of hydrogen-bond donors (Lipinski definition) is 1. The van der Waals surface area contributed by atoms with E-state index in [1.807, 2.05) is 6.07 Å². The molecule has 2 rings (SSSR count). The van der Waals surface area contributed by atoms with Crippen molar-refractivity contribution in [2.45, 2.75) is 45.4 Å². The van der Waals surface area contributed by atoms with Crippen molar-refractivity contribution < 1.29 is 9.53 Å². The standard InChI is InChI=1S/C24H26Cl2N2O2/c1-2-3-4-5-6-7-14-30-23-13-10-21(26)16-18(23)15-19(17-27)24(29)28-22-11-8-20(25)9-12-22/h8-13,15-16H,2-7,14H2,1H3,(H,28,29)/b19-15-. The van der Waals surface area contributed by atoms with Crippen LogP contribution < -0.4 is 10.1 Å². The number of carbonyl (C=O) groups is 1. The van der Waals surface area contributed by atoms with Gasteiger partial charge in [-0.05, 0) is 55.0 Å². The Labute approximate surface area is 188 Å². The van der Waals surface area contributed by atoms with Gasteiger partial charge < -0.3 is 10.1 Å². The highest BCUT2D eigenvalue weighted by Gasteiger charge is 2.12. The first-order valence-electron chi connectivity index (χ1n) is 10.1. The van der Waals surface area contributed by atoms with Gasteiger partial charge in [0.1, 0.15) is 17.4 Å². The highest BCUT2D eigenvalue weighted by molar-refractivity contribution is 6.31. The quantitative estimate of drug-likeness (QED) is 0.225. The fourth-order valence-electron chi connectivity index (χ4n) is 2.86. The lowest BCUT2D eigenvalue weighted by atomic mass is 10.1. The van der Waals surface area contributed by atoms with E-state index >= 15 is 0 Å². The molecule has 1 amide bonds. The van der Waals surface area contributed by atoms with E-state index in [0.29, 0.717) is 33.7 Å². The molecule has 1 N–H and O–H groups in total. The Hall–Kier alpha value is -2.48. The zero-order valence-electron chi connectivity index (χ0n) is 17.1. The summed E-state index contributed by atoms with van der Waals surface area (Å²) in [6.07, 6.45) is 8.51. The number of nitrogens with zero attached hydrogens (tertiary/aromatic N) is 1. The molecule has 0 saturated carbocycles. The maximum Gasteiger partial charge on any atom is 0.266 e. The minimum atomic E-state index is -0.512. The van der Waals surface area contributed by atoms with Crippen LogP contribution in [0, 0.1) is 11.3 Å². The number of anilines is 1. The fourth-order valence-corrected chi connectivity index (χ4v) is 3.17. The van der Waals surface area contributed by atoms with Gasteiger partial charge in [0.15, 0.2) is 0 Å². The lowest BCUT2D eigenvalue weighted by molar-refractivity contribution is -0.112. The number of carbonyl (C=O) groups excluding carboxylic acids is 1. The molecule has 0 spiro atoms. The third-order valence-electron chi connectivity index (χ3n) is 4.49. The normalized spacial score (nSPS) is 11.1. The smallest absolute Gasteiger partial charge is 0.266 e. The average Bonchev–Trinajstić information content (AvgIpc) is 2.74. The van der Waals surface area contributed by atoms with Gasteiger partial charge in [-0.2, -0.15) is 5.26 Å². The van der Waals surface area contributed by atoms with Gasteiger partial charge in [0, 0.05) is 21.3 Å². The first-order valence-corrected chi connectivity index (χ1v) is 10.9. The molecule has 30 heavy (non-hydrogen) atoms. The third kappa shape index (κ3) is 8.10. The van der Waals surface area contributed by atoms with Gasteiger partial charge in [-0.1, -0.05) is 62.2 Å². The molecule has 0 heterocycles. The maximum absolute atomic E-state index is 12.5. The number of nitriles is 1. The summed E-state index contributed by atoms with van der Waals surface area (Å²) in [7, 11) is 0. The molecule has 0 radical (unpaired) electrons. The molecule has 4 nitrogen and oxygen atoms in total. The topological polar surface area (TPSA) is 62.1 Å². The summed E-state index contributed by atoms with van der Waals surface area (Å²) < 4.78 is 5.90. The number of nitrogens with one attached hydrogen (secondary N) is 1. The number of rotatable bonds is 11. The number of halogens is 2. The fraction of sp³-hybridized carbons (Fsp3) is 0.333. The monoisotopic (exact) mass is 444 g/mol. The molecule has 0 saturated heterocycles. The summed E-state index contributed by atoms with van der Waals surface area (Å²) in [5, 5.41) is 13.2. The minimum Gasteiger partial charge on any atom is -0.493 e. The van der Waals surface area contributed by atoms with Gasteiger partial charge in [-0.25, -0.2) is 0 Å². The number of benzene rings is 2. The van der Waals surface area contributed by atoms with Gasteiger partial charge in [-0.15, -0.1) is 0 Å². The first kappa shape index (κ1) is 23.8. The van der Waals surface area contributed by atoms with Crippen LogP contribution in [-0.4, -0.2) is 12.5 Å². The van der Waals surface area contributed by atoms with Gasteiger partial charge in [0.05, 0.1) is 6.61 Å². The van der Waals surface area contributed by atoms with Crippen LogP contribution in [0.3, 0.4) is 0 Å². The molecular weight excluding hydrogens is 419 g/mol. The molecule has 158 valence electrons. The van der Waals surface area contributed by atoms with E-state index in [4.69, 9.17) is 27.9 Å². The molecule has 0 aliphatic carbocycles. The van der Waals surface area contributed by atoms with Crippen LogP contribution in [0.15, 0.2) is 48.0 Å². The van der Waals surface area contributed by atoms with E-state index in [1.165, 1.54) is 31.8 Å². The van der Waals surface area contributed by atoms with Crippen LogP contribution in [0.25, 0.3) is 6.08 Å². The van der Waals surface area contributed by atoms with Gasteiger partial charge in [-0.3, -0.25) is 4.79 Å². The van der Waals surface area contributed by atoms with Crippen LogP contribution in [0.5, 0.6) is 5.75 Å². The van der Waals surface area contributed by atoms with Crippen molar-refractivity contribution in [2.24, 2.45) is 0 Å². The van der Waals surface area contributed by atoms with Crippen molar-refractivity contribution in [3.8, 4) is 11.8 Å². The Bertz CT molecular complexity index is 902. The Kier molecular flexibility index (Phi) is 10.3. The average molecular weight is 445 g/mol. The summed E-state index contributed by atoms with van der Waals surface area (Å²) in [6, 6.07) is 13.8. The molecule has 0 bridgehead atoms. The SMILES string of the molecule is CCCCCCCCOc1ccc(Cl)cc1/C=C(/C#N)C(=O)Nc1ccc(Cl)cc1. The molecule has 0 aliphatic rings. The van der Waals surface area contributed by atoms with Crippen LogP contribution in [0.2, 0.25) is 10.0 Å². The number of amides is 1. The summed E-state index contributed by atoms with van der Waals surface area (Å²) in [5.74, 6) is 0.0849. The Morgan fingerprint density at radius 3 is 2.40 bits per heavy atom. The highest BCUT2D eigenvalue weighted by Crippen LogP contribution is 2.26. The summed E-state index contributed by atoms with van der Waals surface area (Å²) in [5.41, 5.74) is 1.10. The minimum absolute atomic E-state index is 0.0448. The molecule has 2 aromatic carbocycles. The molecule has 0 aliphatic heterocycles. The van der Waals surface area contributed by atoms with E-state index < -0.39 is 5.91 Å². The van der Waals surface area contributed by atoms with E-state index in [0.717, 1.165) is 12.8 Å². The van der Waals surface area contributed by atoms with E-state index in [9.17, 15) is 10.1 Å². The van der Waals surface area contributed by atoms with Gasteiger partial charge in [0.2, 0.25) is 0 Å². The highest BCUT2D eigenvalue weighted by atomic mass is 35.5. The zero-order valence-corrected chi connectivity index (χ0v) is 18.6. The van der Waals surface area contributed by atoms with Crippen molar-refractivity contribution in [3.05, 3.63) is 63.6 Å². The van der Waals surface area contributed by atoms with Crippen LogP contribution in [0.1, 0.15) is 51.0 Å². The summed E-state index contributed by atoms with van der Waals surface area (Å²) in [4.78, 5) is 12.5. The lowest BCUT2D eigenvalue weighted by Gasteiger charge is -2.10. The lowest BCUT2D eigenvalue weighted by Crippen LogP contribution is -2.13. The van der Waals surface area contributed by atoms with Crippen molar-refractivity contribution in [3.63, 3.8) is 0 Å². The second kappa shape index (κ2) is 13.0. The van der Waals surface area contributed by atoms with Crippen molar-refractivity contribution in [2.75, 3.05) is 11.9 Å². The molecular formula is C24H26Cl2N2O2. The Morgan fingerprint density at radius 2 is 1.70 bits per heavy atom. The molecule has 0 fully saturated rings. The van der Waals surface area contributed by atoms with Crippen molar-refractivity contribution in [1.82, 2.24) is 0 Å². The van der Waals surface area contributed by atoms with E-state index in [-0.39, 0.29) is 5.57 Å². The van der Waals surface area contributed by atoms with E-state index in [1.54, 1.807) is 42.5 Å². The summed E-state index contributed by atoms with van der Waals surface area (Å²) in [6.45, 7) is 2.78. The number of unbranched alkanes of at least 4 members (excludes halogenated alkanes) is 5. The molecule has 0 unspecified atom stereocenters. The summed E-state index contributed by atoms with van der Waals surface area (Å²) >= 11 is 12.0. The predicted molar refractivity (Wildman–Crippen MR) is 124 cm³/mol. The maximum atomic E-state index is 12.5. The molecule has 2 aromatic rings. The Balaban J connectivity index is 2.05. The van der Waals surface area contributed by atoms with Crippen molar-refractivity contribution in [1.29, 1.82) is 5.26 Å². The van der Waals surface area contributed by atoms with Crippen LogP contribution >= 0.6 is 23.2 Å². The zero-order chi connectivity index (χ0) is 21.8. The van der Waals surface area contributed by atoms with Crippen LogP contribution in [-0.2, 0) is 4.79 Å². The van der Waals surface area contributed by atoms with Gasteiger partial charge in [0.25, 0.3) is 5.91 Å². The molecule has 6 heteroatoms. The number of ether oxygens (including phenoxy) is 1. The van der Waals surface area contributed by atoms with Crippen molar-refractivity contribution >= 4 is 40.9 Å². The largest absolute Gasteiger partial charge is 0.493 e. The van der Waals surface area contributed by atoms with Crippen LogP contribution in [0.4, 0.5) is 5.69 Å². The molecule has 0 aromatic heterocycles. The van der Waals surface area contributed by atoms with E-state index in [2.05, 4.69) is 12.2 Å². The first-order chi connectivity index (χ1) is 14.5. The predicted octanol–water partition coefficient (Wildman–Crippen LogP) is 7.28. The third-order valence-corrected chi connectivity index (χ3v) is 4.98.